The molecule has 0 radical (unpaired) electrons. The van der Waals surface area contributed by atoms with Gasteiger partial charge in [-0.1, -0.05) is 11.6 Å². The van der Waals surface area contributed by atoms with Crippen molar-refractivity contribution in [2.24, 2.45) is 0 Å². The van der Waals surface area contributed by atoms with E-state index in [0.717, 1.165) is 38.8 Å². The second-order valence-corrected chi connectivity index (χ2v) is 8.86. The van der Waals surface area contributed by atoms with E-state index in [1.807, 2.05) is 0 Å². The maximum absolute atomic E-state index is 11.8. The summed E-state index contributed by atoms with van der Waals surface area (Å²) in [5.74, 6) is 1.06. The van der Waals surface area contributed by atoms with E-state index >= 15 is 0 Å². The van der Waals surface area contributed by atoms with Crippen molar-refractivity contribution in [2.75, 3.05) is 13.3 Å². The number of nitrogens with zero attached hydrogens (tertiary/aromatic N) is 3. The molecule has 0 spiro atoms. The second-order valence-electron chi connectivity index (χ2n) is 8.86. The minimum Gasteiger partial charge on any atom is -0.454 e. The van der Waals surface area contributed by atoms with Gasteiger partial charge in [0, 0.05) is 41.8 Å². The molecule has 1 aromatic heterocycles. The van der Waals surface area contributed by atoms with Gasteiger partial charge in [-0.15, -0.1) is 0 Å². The average Bonchev–Trinajstić information content (AvgIpc) is 3.28. The minimum absolute atomic E-state index is 0.112. The van der Waals surface area contributed by atoms with Gasteiger partial charge >= 0.3 is 0 Å². The highest BCUT2D eigenvalue weighted by molar-refractivity contribution is 5.87. The number of benzene rings is 2. The van der Waals surface area contributed by atoms with Gasteiger partial charge in [0.2, 0.25) is 6.79 Å². The van der Waals surface area contributed by atoms with Crippen molar-refractivity contribution in [1.29, 1.82) is 0 Å². The fourth-order valence-electron chi connectivity index (χ4n) is 5.67. The first-order valence-corrected chi connectivity index (χ1v) is 11.0. The summed E-state index contributed by atoms with van der Waals surface area (Å²) in [5.41, 5.74) is 6.33. The van der Waals surface area contributed by atoms with E-state index in [-0.39, 0.29) is 23.4 Å². The molecular weight excluding hydrogens is 394 g/mol. The van der Waals surface area contributed by atoms with Crippen molar-refractivity contribution in [2.45, 2.75) is 51.7 Å². The molecule has 0 fully saturated rings. The van der Waals surface area contributed by atoms with Crippen molar-refractivity contribution >= 4 is 16.6 Å². The van der Waals surface area contributed by atoms with E-state index in [2.05, 4.69) is 34.6 Å². The predicted molar refractivity (Wildman–Crippen MR) is 117 cm³/mol. The average molecular weight is 419 g/mol. The Kier molecular flexibility index (Phi) is 4.21. The molecule has 2 aliphatic heterocycles. The number of fused-ring (bicyclic) bond motifs is 4. The highest BCUT2D eigenvalue weighted by Crippen LogP contribution is 2.44. The van der Waals surface area contributed by atoms with Crippen LogP contribution in [0.4, 0.5) is 5.69 Å². The molecule has 3 aromatic rings. The summed E-state index contributed by atoms with van der Waals surface area (Å²) < 4.78 is 13.4. The molecule has 2 aromatic carbocycles. The molecule has 0 saturated carbocycles. The van der Waals surface area contributed by atoms with Gasteiger partial charge in [-0.25, -0.2) is 0 Å². The van der Waals surface area contributed by atoms with E-state index in [9.17, 15) is 10.1 Å². The molecule has 0 N–H and O–H groups in total. The number of aromatic nitrogens is 1. The molecule has 1 unspecified atom stereocenters. The van der Waals surface area contributed by atoms with Gasteiger partial charge in [-0.3, -0.25) is 15.0 Å². The molecule has 7 heteroatoms. The highest BCUT2D eigenvalue weighted by Gasteiger charge is 2.35. The molecule has 31 heavy (non-hydrogen) atoms. The SMILES string of the molecule is Cc1ccc2c(c1)c1c3n2CCCN(Cc2cc4c(cc2[N+](=O)[O-])OCO4)C3CCC1. The molecule has 160 valence electrons. The third kappa shape index (κ3) is 2.91. The smallest absolute Gasteiger partial charge is 0.277 e. The first kappa shape index (κ1) is 18.7. The van der Waals surface area contributed by atoms with E-state index in [1.165, 1.54) is 33.8 Å². The van der Waals surface area contributed by atoms with Crippen LogP contribution in [0.15, 0.2) is 30.3 Å². The number of rotatable bonds is 3. The van der Waals surface area contributed by atoms with Crippen molar-refractivity contribution in [3.8, 4) is 11.5 Å². The van der Waals surface area contributed by atoms with Crippen molar-refractivity contribution in [3.05, 3.63) is 62.8 Å². The summed E-state index contributed by atoms with van der Waals surface area (Å²) in [6, 6.07) is 10.4. The first-order chi connectivity index (χ1) is 15.1. The van der Waals surface area contributed by atoms with E-state index < -0.39 is 0 Å². The van der Waals surface area contributed by atoms with Crippen LogP contribution < -0.4 is 9.47 Å². The minimum atomic E-state index is -0.304. The molecule has 6 rings (SSSR count). The normalized spacial score (nSPS) is 20.0. The van der Waals surface area contributed by atoms with Gasteiger partial charge in [0.1, 0.15) is 0 Å². The standard InChI is InChI=1S/C24H25N3O4/c1-15-6-7-19-18(10-15)17-4-2-5-20-24(17)26(19)9-3-8-25(20)13-16-11-22-23(31-14-30-22)12-21(16)27(28)29/h6-7,10-12,20H,2-5,8-9,13-14H2,1H3. The molecule has 1 atom stereocenters. The third-order valence-corrected chi connectivity index (χ3v) is 7.00. The quantitative estimate of drug-likeness (QED) is 0.447. The van der Waals surface area contributed by atoms with Crippen LogP contribution in [-0.2, 0) is 19.5 Å². The van der Waals surface area contributed by atoms with Gasteiger partial charge in [0.15, 0.2) is 11.5 Å². The van der Waals surface area contributed by atoms with Crippen LogP contribution >= 0.6 is 0 Å². The lowest BCUT2D eigenvalue weighted by Gasteiger charge is -2.33. The van der Waals surface area contributed by atoms with Crippen molar-refractivity contribution in [3.63, 3.8) is 0 Å². The topological polar surface area (TPSA) is 69.8 Å². The van der Waals surface area contributed by atoms with Gasteiger partial charge in [0.25, 0.3) is 5.69 Å². The highest BCUT2D eigenvalue weighted by atomic mass is 16.7. The van der Waals surface area contributed by atoms with Crippen LogP contribution in [0.5, 0.6) is 11.5 Å². The third-order valence-electron chi connectivity index (χ3n) is 7.00. The Labute approximate surface area is 180 Å². The maximum atomic E-state index is 11.8. The molecule has 0 bridgehead atoms. The summed E-state index contributed by atoms with van der Waals surface area (Å²) in [6.07, 6.45) is 4.36. The monoisotopic (exact) mass is 419 g/mol. The zero-order chi connectivity index (χ0) is 21.1. The summed E-state index contributed by atoms with van der Waals surface area (Å²) in [4.78, 5) is 13.9. The zero-order valence-corrected chi connectivity index (χ0v) is 17.6. The number of nitro groups is 1. The molecule has 0 amide bonds. The summed E-state index contributed by atoms with van der Waals surface area (Å²) in [5, 5.41) is 13.2. The second kappa shape index (κ2) is 6.99. The number of hydrogen-bond donors (Lipinski definition) is 0. The van der Waals surface area contributed by atoms with Crippen LogP contribution in [0.1, 0.15) is 47.7 Å². The van der Waals surface area contributed by atoms with E-state index in [1.54, 1.807) is 6.07 Å². The summed E-state index contributed by atoms with van der Waals surface area (Å²) in [6.45, 7) is 4.72. The molecule has 3 aliphatic rings. The van der Waals surface area contributed by atoms with Crippen LogP contribution in [0.2, 0.25) is 0 Å². The van der Waals surface area contributed by atoms with Gasteiger partial charge in [0.05, 0.1) is 17.0 Å². The van der Waals surface area contributed by atoms with Gasteiger partial charge < -0.3 is 14.0 Å². The number of nitro benzene ring substituents is 1. The van der Waals surface area contributed by atoms with Crippen LogP contribution in [-0.4, -0.2) is 27.7 Å². The number of ether oxygens (including phenoxy) is 2. The predicted octanol–water partition coefficient (Wildman–Crippen LogP) is 4.87. The van der Waals surface area contributed by atoms with Crippen LogP contribution in [0.3, 0.4) is 0 Å². The Morgan fingerprint density at radius 3 is 2.81 bits per heavy atom. The maximum Gasteiger partial charge on any atom is 0.277 e. The Balaban J connectivity index is 1.43. The lowest BCUT2D eigenvalue weighted by atomic mass is 9.90. The van der Waals surface area contributed by atoms with Crippen LogP contribution in [0.25, 0.3) is 10.9 Å². The largest absolute Gasteiger partial charge is 0.454 e. The molecule has 0 saturated heterocycles. The zero-order valence-electron chi connectivity index (χ0n) is 17.6. The van der Waals surface area contributed by atoms with Gasteiger partial charge in [-0.05, 0) is 56.4 Å². The first-order valence-electron chi connectivity index (χ1n) is 11.0. The molecule has 1 aliphatic carbocycles. The Morgan fingerprint density at radius 2 is 1.97 bits per heavy atom. The fraction of sp³-hybridized carbons (Fsp3) is 0.417. The van der Waals surface area contributed by atoms with Crippen molar-refractivity contribution in [1.82, 2.24) is 9.47 Å². The van der Waals surface area contributed by atoms with E-state index in [0.29, 0.717) is 23.6 Å². The summed E-state index contributed by atoms with van der Waals surface area (Å²) in [7, 11) is 0. The van der Waals surface area contributed by atoms with Crippen molar-refractivity contribution < 1.29 is 14.4 Å². The number of hydrogen-bond acceptors (Lipinski definition) is 5. The number of aryl methyl sites for hydroxylation is 3. The molecular formula is C24H25N3O4. The molecule has 7 nitrogen and oxygen atoms in total. The Morgan fingerprint density at radius 1 is 1.13 bits per heavy atom. The summed E-state index contributed by atoms with van der Waals surface area (Å²) >= 11 is 0. The molecule has 3 heterocycles. The lowest BCUT2D eigenvalue weighted by Crippen LogP contribution is -2.31. The van der Waals surface area contributed by atoms with E-state index in [4.69, 9.17) is 9.47 Å². The Bertz CT molecular complexity index is 1210. The lowest BCUT2D eigenvalue weighted by molar-refractivity contribution is -0.385. The fourth-order valence-corrected chi connectivity index (χ4v) is 5.67. The van der Waals surface area contributed by atoms with Gasteiger partial charge in [-0.2, -0.15) is 0 Å². The Hall–Kier alpha value is -3.06. The van der Waals surface area contributed by atoms with Crippen LogP contribution in [0, 0.1) is 17.0 Å².